The van der Waals surface area contributed by atoms with Gasteiger partial charge in [0.15, 0.2) is 0 Å². The summed E-state index contributed by atoms with van der Waals surface area (Å²) in [7, 11) is 1.33. The molecule has 0 spiro atoms. The first-order chi connectivity index (χ1) is 9.42. The van der Waals surface area contributed by atoms with Crippen molar-refractivity contribution < 1.29 is 14.3 Å². The fourth-order valence-electron chi connectivity index (χ4n) is 1.82. The Kier molecular flexibility index (Phi) is 6.52. The number of halogens is 1. The monoisotopic (exact) mass is 297 g/mol. The van der Waals surface area contributed by atoms with Crippen LogP contribution in [-0.2, 0) is 14.3 Å². The van der Waals surface area contributed by atoms with Gasteiger partial charge in [-0.05, 0) is 23.6 Å². The molecule has 0 aliphatic rings. The maximum absolute atomic E-state index is 11.9. The smallest absolute Gasteiger partial charge is 0.307 e. The minimum absolute atomic E-state index is 0.0798. The molecule has 0 saturated heterocycles. The fraction of sp³-hybridized carbons (Fsp3) is 0.467. The van der Waals surface area contributed by atoms with Crippen molar-refractivity contribution in [1.29, 1.82) is 0 Å². The standard InChI is InChI=1S/C15H20ClNO3/c1-10(2)8-14(18)17-13(9-15(19)20-3)11-4-6-12(16)7-5-11/h4-7,10,13H,8-9H2,1-3H3,(H,17,18)/t13-/m1/s1. The van der Waals surface area contributed by atoms with Crippen molar-refractivity contribution in [2.75, 3.05) is 7.11 Å². The van der Waals surface area contributed by atoms with Crippen LogP contribution in [0.2, 0.25) is 5.02 Å². The second kappa shape index (κ2) is 7.90. The first-order valence-electron chi connectivity index (χ1n) is 6.54. The number of benzene rings is 1. The van der Waals surface area contributed by atoms with Gasteiger partial charge in [-0.3, -0.25) is 9.59 Å². The summed E-state index contributed by atoms with van der Waals surface area (Å²) in [6, 6.07) is 6.66. The first kappa shape index (κ1) is 16.5. The summed E-state index contributed by atoms with van der Waals surface area (Å²) in [5, 5.41) is 3.48. The number of hydrogen-bond acceptors (Lipinski definition) is 3. The lowest BCUT2D eigenvalue weighted by molar-refractivity contribution is -0.141. The summed E-state index contributed by atoms with van der Waals surface area (Å²) in [6.45, 7) is 3.94. The largest absolute Gasteiger partial charge is 0.469 e. The van der Waals surface area contributed by atoms with Crippen molar-refractivity contribution in [2.24, 2.45) is 5.92 Å². The molecule has 110 valence electrons. The molecular weight excluding hydrogens is 278 g/mol. The number of carbonyl (C=O) groups excluding carboxylic acids is 2. The van der Waals surface area contributed by atoms with Crippen LogP contribution in [0.1, 0.15) is 38.3 Å². The molecule has 0 unspecified atom stereocenters. The highest BCUT2D eigenvalue weighted by molar-refractivity contribution is 6.30. The average Bonchev–Trinajstić information content (AvgIpc) is 2.37. The van der Waals surface area contributed by atoms with E-state index in [1.165, 1.54) is 7.11 Å². The molecule has 0 aromatic heterocycles. The Morgan fingerprint density at radius 3 is 2.30 bits per heavy atom. The molecule has 0 saturated carbocycles. The van der Waals surface area contributed by atoms with Crippen molar-refractivity contribution in [3.8, 4) is 0 Å². The summed E-state index contributed by atoms with van der Waals surface area (Å²) < 4.78 is 4.67. The van der Waals surface area contributed by atoms with Crippen LogP contribution in [0, 0.1) is 5.92 Å². The zero-order valence-electron chi connectivity index (χ0n) is 12.0. The molecule has 0 fully saturated rings. The van der Waals surface area contributed by atoms with Gasteiger partial charge in [0.05, 0.1) is 19.6 Å². The van der Waals surface area contributed by atoms with Gasteiger partial charge >= 0.3 is 5.97 Å². The van der Waals surface area contributed by atoms with Crippen LogP contribution < -0.4 is 5.32 Å². The Hall–Kier alpha value is -1.55. The lowest BCUT2D eigenvalue weighted by atomic mass is 10.0. The Balaban J connectivity index is 2.82. The predicted molar refractivity (Wildman–Crippen MR) is 78.4 cm³/mol. The number of ether oxygens (including phenoxy) is 1. The van der Waals surface area contributed by atoms with Crippen molar-refractivity contribution >= 4 is 23.5 Å². The van der Waals surface area contributed by atoms with Gasteiger partial charge in [0.25, 0.3) is 0 Å². The maximum Gasteiger partial charge on any atom is 0.307 e. The minimum atomic E-state index is -0.397. The molecule has 1 rings (SSSR count). The van der Waals surface area contributed by atoms with E-state index in [0.717, 1.165) is 5.56 Å². The molecule has 1 aromatic carbocycles. The van der Waals surface area contributed by atoms with Gasteiger partial charge in [-0.25, -0.2) is 0 Å². The van der Waals surface area contributed by atoms with Crippen LogP contribution >= 0.6 is 11.6 Å². The second-order valence-corrected chi connectivity index (χ2v) is 5.49. The molecule has 1 N–H and O–H groups in total. The Morgan fingerprint density at radius 1 is 1.20 bits per heavy atom. The molecular formula is C15H20ClNO3. The summed E-state index contributed by atoms with van der Waals surface area (Å²) >= 11 is 5.84. The third kappa shape index (κ3) is 5.61. The summed E-state index contributed by atoms with van der Waals surface area (Å²) in [4.78, 5) is 23.4. The normalized spacial score (nSPS) is 12.1. The Labute approximate surface area is 124 Å². The number of hydrogen-bond donors (Lipinski definition) is 1. The molecule has 0 aliphatic heterocycles. The molecule has 0 bridgehead atoms. The zero-order chi connectivity index (χ0) is 15.1. The van der Waals surface area contributed by atoms with E-state index in [1.54, 1.807) is 24.3 Å². The third-order valence-electron chi connectivity index (χ3n) is 2.80. The van der Waals surface area contributed by atoms with Crippen LogP contribution in [0.15, 0.2) is 24.3 Å². The van der Waals surface area contributed by atoms with Crippen LogP contribution in [0.4, 0.5) is 0 Å². The van der Waals surface area contributed by atoms with Gasteiger partial charge in [0.1, 0.15) is 0 Å². The van der Waals surface area contributed by atoms with Gasteiger partial charge < -0.3 is 10.1 Å². The van der Waals surface area contributed by atoms with E-state index in [9.17, 15) is 9.59 Å². The number of methoxy groups -OCH3 is 1. The average molecular weight is 298 g/mol. The van der Waals surface area contributed by atoms with Gasteiger partial charge in [-0.2, -0.15) is 0 Å². The zero-order valence-corrected chi connectivity index (χ0v) is 12.7. The Bertz CT molecular complexity index is 457. The van der Waals surface area contributed by atoms with Crippen molar-refractivity contribution in [3.05, 3.63) is 34.9 Å². The molecule has 0 radical (unpaired) electrons. The summed E-state index contributed by atoms with van der Waals surface area (Å²) in [5.41, 5.74) is 0.830. The van der Waals surface area contributed by atoms with Gasteiger partial charge in [0, 0.05) is 11.4 Å². The maximum atomic E-state index is 11.9. The quantitative estimate of drug-likeness (QED) is 0.821. The van der Waals surface area contributed by atoms with E-state index in [-0.39, 0.29) is 24.2 Å². The molecule has 4 nitrogen and oxygen atoms in total. The fourth-order valence-corrected chi connectivity index (χ4v) is 1.95. The molecule has 1 aromatic rings. The van der Waals surface area contributed by atoms with E-state index in [0.29, 0.717) is 11.4 Å². The number of rotatable bonds is 6. The van der Waals surface area contributed by atoms with Gasteiger partial charge in [-0.1, -0.05) is 37.6 Å². The lowest BCUT2D eigenvalue weighted by Gasteiger charge is -2.19. The SMILES string of the molecule is COC(=O)C[C@@H](NC(=O)CC(C)C)c1ccc(Cl)cc1. The number of amides is 1. The van der Waals surface area contributed by atoms with E-state index in [4.69, 9.17) is 11.6 Å². The van der Waals surface area contributed by atoms with Crippen LogP contribution in [-0.4, -0.2) is 19.0 Å². The third-order valence-corrected chi connectivity index (χ3v) is 3.05. The molecule has 1 atom stereocenters. The van der Waals surface area contributed by atoms with Crippen LogP contribution in [0.25, 0.3) is 0 Å². The van der Waals surface area contributed by atoms with E-state index >= 15 is 0 Å². The van der Waals surface area contributed by atoms with Crippen molar-refractivity contribution in [1.82, 2.24) is 5.32 Å². The molecule has 0 heterocycles. The van der Waals surface area contributed by atoms with Crippen LogP contribution in [0.5, 0.6) is 0 Å². The van der Waals surface area contributed by atoms with Gasteiger partial charge in [0.2, 0.25) is 5.91 Å². The highest BCUT2D eigenvalue weighted by Crippen LogP contribution is 2.20. The number of carbonyl (C=O) groups is 2. The van der Waals surface area contributed by atoms with Crippen molar-refractivity contribution in [2.45, 2.75) is 32.7 Å². The molecule has 0 aliphatic carbocycles. The Morgan fingerprint density at radius 2 is 1.80 bits per heavy atom. The highest BCUT2D eigenvalue weighted by Gasteiger charge is 2.19. The lowest BCUT2D eigenvalue weighted by Crippen LogP contribution is -2.31. The number of nitrogens with one attached hydrogen (secondary N) is 1. The van der Waals surface area contributed by atoms with Gasteiger partial charge in [-0.15, -0.1) is 0 Å². The highest BCUT2D eigenvalue weighted by atomic mass is 35.5. The predicted octanol–water partition coefficient (Wildman–Crippen LogP) is 3.11. The topological polar surface area (TPSA) is 55.4 Å². The van der Waals surface area contributed by atoms with Crippen molar-refractivity contribution in [3.63, 3.8) is 0 Å². The van der Waals surface area contributed by atoms with E-state index in [2.05, 4.69) is 10.1 Å². The minimum Gasteiger partial charge on any atom is -0.469 e. The molecule has 5 heteroatoms. The number of esters is 1. The van der Waals surface area contributed by atoms with E-state index in [1.807, 2.05) is 13.8 Å². The second-order valence-electron chi connectivity index (χ2n) is 5.05. The molecule has 20 heavy (non-hydrogen) atoms. The van der Waals surface area contributed by atoms with E-state index < -0.39 is 6.04 Å². The summed E-state index contributed by atoms with van der Waals surface area (Å²) in [6.07, 6.45) is 0.521. The summed E-state index contributed by atoms with van der Waals surface area (Å²) in [5.74, 6) is -0.183. The molecule has 1 amide bonds. The first-order valence-corrected chi connectivity index (χ1v) is 6.91. The van der Waals surface area contributed by atoms with Crippen LogP contribution in [0.3, 0.4) is 0 Å².